The summed E-state index contributed by atoms with van der Waals surface area (Å²) in [6, 6.07) is 0. The van der Waals surface area contributed by atoms with Crippen molar-refractivity contribution in [3.63, 3.8) is 0 Å². The van der Waals surface area contributed by atoms with E-state index in [2.05, 4.69) is 45.8 Å². The smallest absolute Gasteiger partial charge is 0.0584 e. The van der Waals surface area contributed by atoms with Gasteiger partial charge in [-0.2, -0.15) is 5.11 Å². The summed E-state index contributed by atoms with van der Waals surface area (Å²) in [6.45, 7) is 11.4. The minimum absolute atomic E-state index is 0.728. The van der Waals surface area contributed by atoms with Crippen LogP contribution in [0.2, 0.25) is 0 Å². The van der Waals surface area contributed by atoms with Crippen LogP contribution >= 0.6 is 0 Å². The first-order chi connectivity index (χ1) is 9.95. The third kappa shape index (κ3) is 14.1. The quantitative estimate of drug-likeness (QED) is 0.272. The molecule has 0 aromatic heterocycles. The van der Waals surface area contributed by atoms with Gasteiger partial charge >= 0.3 is 0 Å². The number of allylic oxidation sites excluding steroid dienone is 2. The van der Waals surface area contributed by atoms with E-state index in [1.165, 1.54) is 38.5 Å². The maximum Gasteiger partial charge on any atom is 0.0584 e. The molecule has 1 unspecified atom stereocenters. The summed E-state index contributed by atoms with van der Waals surface area (Å²) in [5.41, 5.74) is 8.27. The molecule has 124 valence electrons. The lowest BCUT2D eigenvalue weighted by molar-refractivity contribution is 0.468. The van der Waals surface area contributed by atoms with Gasteiger partial charge in [0.15, 0.2) is 0 Å². The van der Waals surface area contributed by atoms with Gasteiger partial charge < -0.3 is 0 Å². The van der Waals surface area contributed by atoms with E-state index < -0.39 is 0 Å². The first-order valence-corrected chi connectivity index (χ1v) is 9.02. The molecular weight excluding hydrogens is 256 g/mol. The molecule has 1 N–H and O–H groups in total. The molecule has 0 aromatic rings. The van der Waals surface area contributed by atoms with Crippen molar-refractivity contribution in [3.05, 3.63) is 11.8 Å². The molecule has 0 saturated carbocycles. The Kier molecular flexibility index (Phi) is 12.6. The van der Waals surface area contributed by atoms with Crippen LogP contribution in [0.25, 0.3) is 0 Å². The fourth-order valence-corrected chi connectivity index (χ4v) is 2.57. The van der Waals surface area contributed by atoms with Crippen LogP contribution in [0, 0.1) is 23.3 Å². The normalized spacial score (nSPS) is 14.0. The minimum atomic E-state index is 0.728. The van der Waals surface area contributed by atoms with Crippen molar-refractivity contribution in [2.24, 2.45) is 22.9 Å². The summed E-state index contributed by atoms with van der Waals surface area (Å²) in [7, 11) is 0. The molecule has 0 heterocycles. The Morgan fingerprint density at radius 1 is 0.857 bits per heavy atom. The Morgan fingerprint density at radius 3 is 2.00 bits per heavy atom. The second-order valence-corrected chi connectivity index (χ2v) is 7.47. The van der Waals surface area contributed by atoms with E-state index in [1.807, 2.05) is 0 Å². The zero-order valence-corrected chi connectivity index (χ0v) is 15.1. The Labute approximate surface area is 133 Å². The van der Waals surface area contributed by atoms with Crippen molar-refractivity contribution < 1.29 is 0 Å². The van der Waals surface area contributed by atoms with Gasteiger partial charge in [0.2, 0.25) is 0 Å². The molecule has 0 fully saturated rings. The van der Waals surface area contributed by atoms with Crippen molar-refractivity contribution >= 4 is 0 Å². The van der Waals surface area contributed by atoms with Crippen molar-refractivity contribution in [1.29, 1.82) is 5.53 Å². The zero-order chi connectivity index (χ0) is 16.1. The predicted octanol–water partition coefficient (Wildman–Crippen LogP) is 7.36. The summed E-state index contributed by atoms with van der Waals surface area (Å²) in [4.78, 5) is 0. The SMILES string of the molecule is CC(C)CCCCCC(C)CC=C(CCCC(C)C)N=N. The van der Waals surface area contributed by atoms with E-state index in [1.54, 1.807) is 0 Å². The summed E-state index contributed by atoms with van der Waals surface area (Å²) in [5, 5.41) is 3.70. The lowest BCUT2D eigenvalue weighted by atomic mass is 9.97. The topological polar surface area (TPSA) is 36.2 Å². The zero-order valence-electron chi connectivity index (χ0n) is 15.1. The average Bonchev–Trinajstić information content (AvgIpc) is 2.41. The maximum atomic E-state index is 7.28. The van der Waals surface area contributed by atoms with E-state index >= 15 is 0 Å². The second kappa shape index (κ2) is 13.0. The molecule has 0 spiro atoms. The highest BCUT2D eigenvalue weighted by Gasteiger charge is 2.03. The van der Waals surface area contributed by atoms with Crippen LogP contribution in [0.15, 0.2) is 16.9 Å². The maximum absolute atomic E-state index is 7.28. The minimum Gasteiger partial charge on any atom is -0.205 e. The van der Waals surface area contributed by atoms with Crippen LogP contribution in [-0.2, 0) is 0 Å². The van der Waals surface area contributed by atoms with Crippen molar-refractivity contribution in [3.8, 4) is 0 Å². The first-order valence-electron chi connectivity index (χ1n) is 9.02. The molecule has 0 aliphatic carbocycles. The summed E-state index contributed by atoms with van der Waals surface area (Å²) in [5.74, 6) is 2.32. The fraction of sp³-hybridized carbons (Fsp3) is 0.895. The second-order valence-electron chi connectivity index (χ2n) is 7.47. The van der Waals surface area contributed by atoms with Crippen LogP contribution in [0.4, 0.5) is 0 Å². The summed E-state index contributed by atoms with van der Waals surface area (Å²) >= 11 is 0. The molecule has 0 aliphatic rings. The third-order valence-corrected chi connectivity index (χ3v) is 4.09. The average molecular weight is 295 g/mol. The van der Waals surface area contributed by atoms with E-state index in [4.69, 9.17) is 5.53 Å². The van der Waals surface area contributed by atoms with Crippen LogP contribution in [0.1, 0.15) is 92.4 Å². The molecule has 0 amide bonds. The van der Waals surface area contributed by atoms with Crippen LogP contribution in [0.3, 0.4) is 0 Å². The number of rotatable bonds is 13. The van der Waals surface area contributed by atoms with E-state index in [9.17, 15) is 0 Å². The number of hydrogen-bond donors (Lipinski definition) is 1. The standard InChI is InChI=1S/C19H38N2/c1-16(2)10-7-6-8-12-18(5)14-15-19(21-20)13-9-11-17(3)4/h15-18,20H,6-14H2,1-5H3. The van der Waals surface area contributed by atoms with Crippen LogP contribution in [0.5, 0.6) is 0 Å². The molecule has 2 heteroatoms. The highest BCUT2D eigenvalue weighted by Crippen LogP contribution is 2.19. The molecule has 0 saturated heterocycles. The van der Waals surface area contributed by atoms with Gasteiger partial charge in [0.25, 0.3) is 0 Å². The molecule has 0 aromatic carbocycles. The highest BCUT2D eigenvalue weighted by atomic mass is 15.0. The first kappa shape index (κ1) is 20.3. The Hall–Kier alpha value is -0.660. The molecule has 1 atom stereocenters. The molecule has 0 radical (unpaired) electrons. The van der Waals surface area contributed by atoms with Crippen molar-refractivity contribution in [2.75, 3.05) is 0 Å². The molecule has 0 bridgehead atoms. The van der Waals surface area contributed by atoms with Gasteiger partial charge in [-0.15, -0.1) is 0 Å². The molecule has 0 aliphatic heterocycles. The number of nitrogens with one attached hydrogen (secondary N) is 1. The fourth-order valence-electron chi connectivity index (χ4n) is 2.57. The lowest BCUT2D eigenvalue weighted by Gasteiger charge is -2.10. The van der Waals surface area contributed by atoms with Gasteiger partial charge in [0, 0.05) is 0 Å². The Bertz CT molecular complexity index is 279. The highest BCUT2D eigenvalue weighted by molar-refractivity contribution is 4.98. The third-order valence-electron chi connectivity index (χ3n) is 4.09. The van der Waals surface area contributed by atoms with Crippen molar-refractivity contribution in [1.82, 2.24) is 0 Å². The Balaban J connectivity index is 3.77. The molecule has 21 heavy (non-hydrogen) atoms. The molecule has 0 rings (SSSR count). The largest absolute Gasteiger partial charge is 0.205 e. The van der Waals surface area contributed by atoms with Crippen LogP contribution in [-0.4, -0.2) is 0 Å². The number of hydrogen-bond acceptors (Lipinski definition) is 2. The van der Waals surface area contributed by atoms with Gasteiger partial charge in [-0.3, -0.25) is 0 Å². The number of unbranched alkanes of at least 4 members (excludes halogenated alkanes) is 2. The Morgan fingerprint density at radius 2 is 1.43 bits per heavy atom. The van der Waals surface area contributed by atoms with E-state index in [0.717, 1.165) is 42.7 Å². The van der Waals surface area contributed by atoms with Gasteiger partial charge in [-0.1, -0.05) is 79.2 Å². The van der Waals surface area contributed by atoms with Gasteiger partial charge in [0.05, 0.1) is 5.70 Å². The summed E-state index contributed by atoms with van der Waals surface area (Å²) in [6.07, 6.45) is 13.4. The predicted molar refractivity (Wildman–Crippen MR) is 93.6 cm³/mol. The number of nitrogens with zero attached hydrogens (tertiary/aromatic N) is 1. The van der Waals surface area contributed by atoms with E-state index in [0.29, 0.717) is 0 Å². The summed E-state index contributed by atoms with van der Waals surface area (Å²) < 4.78 is 0. The lowest BCUT2D eigenvalue weighted by Crippen LogP contribution is -1.95. The van der Waals surface area contributed by atoms with Crippen LogP contribution < -0.4 is 0 Å². The monoisotopic (exact) mass is 294 g/mol. The van der Waals surface area contributed by atoms with E-state index in [-0.39, 0.29) is 0 Å². The molecular formula is C19H38N2. The van der Waals surface area contributed by atoms with Crippen molar-refractivity contribution in [2.45, 2.75) is 92.4 Å². The van der Waals surface area contributed by atoms with Gasteiger partial charge in [0.1, 0.15) is 0 Å². The molecule has 2 nitrogen and oxygen atoms in total. The van der Waals surface area contributed by atoms with Gasteiger partial charge in [-0.25, -0.2) is 5.53 Å². The van der Waals surface area contributed by atoms with Gasteiger partial charge in [-0.05, 0) is 37.0 Å².